The number of ether oxygens (including phenoxy) is 1. The van der Waals surface area contributed by atoms with E-state index in [0.717, 1.165) is 5.75 Å². The summed E-state index contributed by atoms with van der Waals surface area (Å²) in [5.74, 6) is 0.0358. The fourth-order valence-electron chi connectivity index (χ4n) is 1.73. The van der Waals surface area contributed by atoms with Crippen LogP contribution in [0.15, 0.2) is 24.3 Å². The lowest BCUT2D eigenvalue weighted by molar-refractivity contribution is -0.157. The Labute approximate surface area is 136 Å². The maximum atomic E-state index is 12.2. The molecule has 1 aromatic rings. The van der Waals surface area contributed by atoms with Crippen LogP contribution >= 0.6 is 11.8 Å². The molecule has 22 heavy (non-hydrogen) atoms. The van der Waals surface area contributed by atoms with Gasteiger partial charge in [0, 0.05) is 11.3 Å². The van der Waals surface area contributed by atoms with Gasteiger partial charge in [-0.05, 0) is 63.5 Å². The fourth-order valence-corrected chi connectivity index (χ4v) is 2.21. The number of nitrogens with two attached hydrogens (primary N) is 1. The second kappa shape index (κ2) is 8.08. The van der Waals surface area contributed by atoms with Gasteiger partial charge in [0.2, 0.25) is 0 Å². The Morgan fingerprint density at radius 3 is 2.36 bits per heavy atom. The molecular formula is C16H24N2O3S. The molecule has 1 atom stereocenters. The van der Waals surface area contributed by atoms with Crippen molar-refractivity contribution >= 4 is 29.3 Å². The maximum Gasteiger partial charge on any atom is 0.329 e. The van der Waals surface area contributed by atoms with Gasteiger partial charge in [0.25, 0.3) is 5.91 Å². The van der Waals surface area contributed by atoms with Crippen LogP contribution in [-0.4, -0.2) is 35.5 Å². The fraction of sp³-hybridized carbons (Fsp3) is 0.500. The molecule has 0 fully saturated rings. The summed E-state index contributed by atoms with van der Waals surface area (Å²) in [6.45, 7) is 5.41. The zero-order chi connectivity index (χ0) is 16.8. The van der Waals surface area contributed by atoms with Crippen molar-refractivity contribution in [3.8, 4) is 0 Å². The molecule has 0 spiro atoms. The van der Waals surface area contributed by atoms with E-state index in [1.807, 2.05) is 6.26 Å². The second-order valence-electron chi connectivity index (χ2n) is 5.96. The lowest BCUT2D eigenvalue weighted by atomic mass is 10.1. The molecule has 1 aromatic carbocycles. The number of esters is 1. The Hall–Kier alpha value is -1.69. The van der Waals surface area contributed by atoms with Crippen molar-refractivity contribution in [3.05, 3.63) is 29.8 Å². The predicted octanol–water partition coefficient (Wildman–Crippen LogP) is 2.46. The lowest BCUT2D eigenvalue weighted by Gasteiger charge is -2.24. The summed E-state index contributed by atoms with van der Waals surface area (Å²) in [5.41, 5.74) is 6.07. The molecule has 0 radical (unpaired) electrons. The number of benzene rings is 1. The van der Waals surface area contributed by atoms with Crippen molar-refractivity contribution in [2.75, 3.05) is 17.7 Å². The number of nitrogens with one attached hydrogen (secondary N) is 1. The van der Waals surface area contributed by atoms with E-state index >= 15 is 0 Å². The van der Waals surface area contributed by atoms with Gasteiger partial charge in [-0.2, -0.15) is 11.8 Å². The molecule has 5 nitrogen and oxygen atoms in total. The Balaban J connectivity index is 2.77. The normalized spacial score (nSPS) is 12.5. The summed E-state index contributed by atoms with van der Waals surface area (Å²) in [4.78, 5) is 24.5. The Morgan fingerprint density at radius 1 is 1.27 bits per heavy atom. The minimum absolute atomic E-state index is 0.308. The number of carbonyl (C=O) groups excluding carboxylic acids is 2. The molecule has 6 heteroatoms. The summed E-state index contributed by atoms with van der Waals surface area (Å²) >= 11 is 1.61. The highest BCUT2D eigenvalue weighted by atomic mass is 32.2. The van der Waals surface area contributed by atoms with Crippen LogP contribution in [0.5, 0.6) is 0 Å². The van der Waals surface area contributed by atoms with E-state index in [1.54, 1.807) is 56.8 Å². The van der Waals surface area contributed by atoms with Crippen LogP contribution in [-0.2, 0) is 9.53 Å². The van der Waals surface area contributed by atoms with Crippen LogP contribution in [0.1, 0.15) is 37.6 Å². The maximum absolute atomic E-state index is 12.2. The van der Waals surface area contributed by atoms with Crippen molar-refractivity contribution in [1.29, 1.82) is 0 Å². The van der Waals surface area contributed by atoms with E-state index in [1.165, 1.54) is 0 Å². The monoisotopic (exact) mass is 324 g/mol. The Bertz CT molecular complexity index is 509. The molecule has 0 saturated heterocycles. The van der Waals surface area contributed by atoms with Crippen molar-refractivity contribution in [1.82, 2.24) is 5.32 Å². The van der Waals surface area contributed by atoms with Crippen molar-refractivity contribution in [2.45, 2.75) is 38.8 Å². The van der Waals surface area contributed by atoms with Crippen LogP contribution in [0.25, 0.3) is 0 Å². The van der Waals surface area contributed by atoms with Gasteiger partial charge < -0.3 is 15.8 Å². The predicted molar refractivity (Wildman–Crippen MR) is 91.0 cm³/mol. The molecule has 0 aliphatic rings. The molecule has 0 aliphatic heterocycles. The van der Waals surface area contributed by atoms with Gasteiger partial charge in [0.15, 0.2) is 0 Å². The van der Waals surface area contributed by atoms with Gasteiger partial charge in [0.05, 0.1) is 0 Å². The van der Waals surface area contributed by atoms with Gasteiger partial charge in [-0.25, -0.2) is 4.79 Å². The molecule has 0 saturated carbocycles. The molecule has 122 valence electrons. The molecule has 0 unspecified atom stereocenters. The molecule has 0 aromatic heterocycles. The van der Waals surface area contributed by atoms with Crippen LogP contribution in [0.2, 0.25) is 0 Å². The van der Waals surface area contributed by atoms with E-state index in [2.05, 4.69) is 5.32 Å². The first-order valence-corrected chi connectivity index (χ1v) is 8.50. The van der Waals surface area contributed by atoms with Crippen LogP contribution in [0.3, 0.4) is 0 Å². The number of anilines is 1. The number of hydrogen-bond acceptors (Lipinski definition) is 5. The van der Waals surface area contributed by atoms with E-state index in [-0.39, 0.29) is 5.91 Å². The smallest absolute Gasteiger partial charge is 0.329 e. The number of thioether (sulfide) groups is 1. The third kappa shape index (κ3) is 6.39. The van der Waals surface area contributed by atoms with Crippen molar-refractivity contribution in [2.24, 2.45) is 0 Å². The van der Waals surface area contributed by atoms with E-state index < -0.39 is 17.6 Å². The lowest BCUT2D eigenvalue weighted by Crippen LogP contribution is -2.44. The number of nitrogen functional groups attached to an aromatic ring is 1. The molecule has 3 N–H and O–H groups in total. The topological polar surface area (TPSA) is 81.4 Å². The summed E-state index contributed by atoms with van der Waals surface area (Å²) in [6, 6.07) is 5.91. The number of rotatable bonds is 6. The molecule has 0 aliphatic carbocycles. The van der Waals surface area contributed by atoms with Gasteiger partial charge in [0.1, 0.15) is 11.6 Å². The highest BCUT2D eigenvalue weighted by molar-refractivity contribution is 7.98. The SMILES string of the molecule is CSCC[C@H](NC(=O)c1ccc(N)cc1)C(=O)OC(C)(C)C. The molecule has 0 bridgehead atoms. The number of amides is 1. The highest BCUT2D eigenvalue weighted by Crippen LogP contribution is 2.12. The summed E-state index contributed by atoms with van der Waals surface area (Å²) in [5, 5.41) is 2.74. The van der Waals surface area contributed by atoms with E-state index in [0.29, 0.717) is 17.7 Å². The summed E-state index contributed by atoms with van der Waals surface area (Å²) < 4.78 is 5.37. The first-order valence-electron chi connectivity index (χ1n) is 7.11. The van der Waals surface area contributed by atoms with Crippen LogP contribution in [0, 0.1) is 0 Å². The van der Waals surface area contributed by atoms with Gasteiger partial charge >= 0.3 is 5.97 Å². The standard InChI is InChI=1S/C16H24N2O3S/c1-16(2,3)21-15(20)13(9-10-22-4)18-14(19)11-5-7-12(17)8-6-11/h5-8,13H,9-10,17H2,1-4H3,(H,18,19)/t13-/m0/s1. The zero-order valence-electron chi connectivity index (χ0n) is 13.5. The van der Waals surface area contributed by atoms with E-state index in [4.69, 9.17) is 10.5 Å². The molecular weight excluding hydrogens is 300 g/mol. The number of hydrogen-bond donors (Lipinski definition) is 2. The zero-order valence-corrected chi connectivity index (χ0v) is 14.3. The highest BCUT2D eigenvalue weighted by Gasteiger charge is 2.26. The third-order valence-corrected chi connectivity index (χ3v) is 3.42. The minimum atomic E-state index is -0.656. The summed E-state index contributed by atoms with van der Waals surface area (Å²) in [7, 11) is 0. The molecule has 1 amide bonds. The Kier molecular flexibility index (Phi) is 6.74. The van der Waals surface area contributed by atoms with E-state index in [9.17, 15) is 9.59 Å². The average molecular weight is 324 g/mol. The average Bonchev–Trinajstić information content (AvgIpc) is 2.42. The minimum Gasteiger partial charge on any atom is -0.458 e. The Morgan fingerprint density at radius 2 is 1.86 bits per heavy atom. The van der Waals surface area contributed by atoms with Crippen LogP contribution < -0.4 is 11.1 Å². The van der Waals surface area contributed by atoms with Crippen molar-refractivity contribution in [3.63, 3.8) is 0 Å². The number of carbonyl (C=O) groups is 2. The quantitative estimate of drug-likeness (QED) is 0.620. The summed E-state index contributed by atoms with van der Waals surface area (Å²) in [6.07, 6.45) is 2.48. The van der Waals surface area contributed by atoms with Gasteiger partial charge in [-0.15, -0.1) is 0 Å². The first-order chi connectivity index (χ1) is 10.2. The largest absolute Gasteiger partial charge is 0.458 e. The second-order valence-corrected chi connectivity index (χ2v) is 6.95. The first kappa shape index (κ1) is 18.4. The van der Waals surface area contributed by atoms with Gasteiger partial charge in [-0.3, -0.25) is 4.79 Å². The molecule has 1 rings (SSSR count). The van der Waals surface area contributed by atoms with Crippen molar-refractivity contribution < 1.29 is 14.3 Å². The third-order valence-electron chi connectivity index (χ3n) is 2.78. The molecule has 0 heterocycles. The van der Waals surface area contributed by atoms with Crippen LogP contribution in [0.4, 0.5) is 5.69 Å². The van der Waals surface area contributed by atoms with Gasteiger partial charge in [-0.1, -0.05) is 0 Å².